The van der Waals surface area contributed by atoms with Crippen LogP contribution < -0.4 is 10.6 Å². The van der Waals surface area contributed by atoms with Crippen LogP contribution in [0, 0.1) is 0 Å². The van der Waals surface area contributed by atoms with Crippen molar-refractivity contribution < 1.29 is 5.11 Å². The van der Waals surface area contributed by atoms with E-state index < -0.39 is 5.60 Å². The van der Waals surface area contributed by atoms with E-state index in [1.54, 1.807) is 0 Å². The van der Waals surface area contributed by atoms with Gasteiger partial charge >= 0.3 is 0 Å². The Morgan fingerprint density at radius 2 is 1.92 bits per heavy atom. The molecule has 0 heterocycles. The molecule has 0 aromatic rings. The summed E-state index contributed by atoms with van der Waals surface area (Å²) >= 11 is 0. The van der Waals surface area contributed by atoms with Gasteiger partial charge in [-0.1, -0.05) is 13.8 Å². The van der Waals surface area contributed by atoms with E-state index in [0.717, 1.165) is 26.1 Å². The molecule has 2 atom stereocenters. The molecular weight excluding hydrogens is 164 g/mol. The van der Waals surface area contributed by atoms with Crippen LogP contribution in [0.5, 0.6) is 0 Å². The van der Waals surface area contributed by atoms with Gasteiger partial charge in [-0.25, -0.2) is 0 Å². The van der Waals surface area contributed by atoms with E-state index >= 15 is 0 Å². The summed E-state index contributed by atoms with van der Waals surface area (Å²) in [4.78, 5) is 0. The normalized spacial score (nSPS) is 18.2. The van der Waals surface area contributed by atoms with Crippen molar-refractivity contribution in [1.29, 1.82) is 0 Å². The first-order chi connectivity index (χ1) is 6.04. The van der Waals surface area contributed by atoms with Gasteiger partial charge in [0.05, 0.1) is 5.60 Å². The first-order valence-electron chi connectivity index (χ1n) is 5.21. The van der Waals surface area contributed by atoms with Gasteiger partial charge in [0.15, 0.2) is 0 Å². The summed E-state index contributed by atoms with van der Waals surface area (Å²) < 4.78 is 0. The SMILES string of the molecule is CCNCCC(C)(O)C(C)NCC. The van der Waals surface area contributed by atoms with Gasteiger partial charge in [-0.05, 0) is 39.9 Å². The summed E-state index contributed by atoms with van der Waals surface area (Å²) in [5, 5.41) is 16.5. The minimum absolute atomic E-state index is 0.149. The zero-order valence-corrected chi connectivity index (χ0v) is 9.35. The minimum atomic E-state index is -0.613. The maximum atomic E-state index is 10.0. The number of hydrogen-bond donors (Lipinski definition) is 3. The highest BCUT2D eigenvalue weighted by atomic mass is 16.3. The van der Waals surface area contributed by atoms with Crippen molar-refractivity contribution >= 4 is 0 Å². The monoisotopic (exact) mass is 188 g/mol. The molecule has 3 N–H and O–H groups in total. The van der Waals surface area contributed by atoms with Crippen molar-refractivity contribution in [1.82, 2.24) is 10.6 Å². The van der Waals surface area contributed by atoms with E-state index in [2.05, 4.69) is 24.5 Å². The molecule has 2 unspecified atom stereocenters. The number of hydrogen-bond acceptors (Lipinski definition) is 3. The lowest BCUT2D eigenvalue weighted by molar-refractivity contribution is 0.0184. The van der Waals surface area contributed by atoms with Crippen LogP contribution in [0.1, 0.15) is 34.1 Å². The van der Waals surface area contributed by atoms with Crippen molar-refractivity contribution in [2.24, 2.45) is 0 Å². The van der Waals surface area contributed by atoms with E-state index in [9.17, 15) is 5.11 Å². The predicted molar refractivity (Wildman–Crippen MR) is 56.9 cm³/mol. The Bertz CT molecular complexity index is 126. The average Bonchev–Trinajstić information content (AvgIpc) is 2.05. The third-order valence-electron chi connectivity index (χ3n) is 2.50. The van der Waals surface area contributed by atoms with Gasteiger partial charge in [0.1, 0.15) is 0 Å². The van der Waals surface area contributed by atoms with E-state index in [4.69, 9.17) is 0 Å². The number of rotatable bonds is 7. The summed E-state index contributed by atoms with van der Waals surface area (Å²) in [6.45, 7) is 10.8. The molecule has 0 saturated heterocycles. The molecule has 0 amide bonds. The zero-order chi connectivity index (χ0) is 10.3. The van der Waals surface area contributed by atoms with Gasteiger partial charge in [0.25, 0.3) is 0 Å². The maximum Gasteiger partial charge on any atom is 0.0781 e. The lowest BCUT2D eigenvalue weighted by atomic mass is 9.94. The summed E-state index contributed by atoms with van der Waals surface area (Å²) in [5.41, 5.74) is -0.613. The Morgan fingerprint density at radius 3 is 2.38 bits per heavy atom. The Kier molecular flexibility index (Phi) is 6.29. The summed E-state index contributed by atoms with van der Waals surface area (Å²) in [6, 6.07) is 0.149. The minimum Gasteiger partial charge on any atom is -0.389 e. The molecule has 0 fully saturated rings. The first-order valence-corrected chi connectivity index (χ1v) is 5.21. The fraction of sp³-hybridized carbons (Fsp3) is 1.00. The van der Waals surface area contributed by atoms with Crippen molar-refractivity contribution in [2.45, 2.75) is 45.8 Å². The van der Waals surface area contributed by atoms with E-state index in [-0.39, 0.29) is 6.04 Å². The molecule has 0 aromatic carbocycles. The predicted octanol–water partition coefficient (Wildman–Crippen LogP) is 0.735. The van der Waals surface area contributed by atoms with Crippen LogP contribution in [0.3, 0.4) is 0 Å². The fourth-order valence-electron chi connectivity index (χ4n) is 1.26. The molecule has 0 spiro atoms. The zero-order valence-electron chi connectivity index (χ0n) is 9.35. The van der Waals surface area contributed by atoms with Crippen molar-refractivity contribution in [3.8, 4) is 0 Å². The molecule has 0 bridgehead atoms. The molecular formula is C10H24N2O. The molecule has 3 nitrogen and oxygen atoms in total. The Balaban J connectivity index is 3.76. The molecule has 0 aliphatic heterocycles. The molecule has 0 radical (unpaired) electrons. The largest absolute Gasteiger partial charge is 0.389 e. The van der Waals surface area contributed by atoms with Gasteiger partial charge in [-0.3, -0.25) is 0 Å². The third kappa shape index (κ3) is 5.24. The van der Waals surface area contributed by atoms with Gasteiger partial charge in [-0.2, -0.15) is 0 Å². The summed E-state index contributed by atoms with van der Waals surface area (Å²) in [6.07, 6.45) is 0.787. The Hall–Kier alpha value is -0.120. The highest BCUT2D eigenvalue weighted by Gasteiger charge is 2.26. The van der Waals surface area contributed by atoms with E-state index in [0.29, 0.717) is 0 Å². The lowest BCUT2D eigenvalue weighted by Gasteiger charge is -2.31. The van der Waals surface area contributed by atoms with Gasteiger partial charge in [-0.15, -0.1) is 0 Å². The quantitative estimate of drug-likeness (QED) is 0.516. The van der Waals surface area contributed by atoms with Gasteiger partial charge in [0.2, 0.25) is 0 Å². The van der Waals surface area contributed by atoms with Crippen molar-refractivity contribution in [3.63, 3.8) is 0 Å². The second-order valence-electron chi connectivity index (χ2n) is 3.74. The van der Waals surface area contributed by atoms with Crippen LogP contribution in [-0.4, -0.2) is 36.4 Å². The average molecular weight is 188 g/mol. The number of likely N-dealkylation sites (N-methyl/N-ethyl adjacent to an activating group) is 1. The lowest BCUT2D eigenvalue weighted by Crippen LogP contribution is -2.48. The molecule has 0 aliphatic rings. The maximum absolute atomic E-state index is 10.0. The van der Waals surface area contributed by atoms with Crippen LogP contribution in [0.2, 0.25) is 0 Å². The first kappa shape index (κ1) is 12.9. The Morgan fingerprint density at radius 1 is 1.31 bits per heavy atom. The van der Waals surface area contributed by atoms with Crippen molar-refractivity contribution in [2.75, 3.05) is 19.6 Å². The second-order valence-corrected chi connectivity index (χ2v) is 3.74. The highest BCUT2D eigenvalue weighted by molar-refractivity contribution is 4.84. The van der Waals surface area contributed by atoms with Crippen LogP contribution in [0.4, 0.5) is 0 Å². The van der Waals surface area contributed by atoms with Gasteiger partial charge in [0, 0.05) is 6.04 Å². The molecule has 3 heteroatoms. The standard InChI is InChI=1S/C10H24N2O/c1-5-11-8-7-10(4,13)9(3)12-6-2/h9,11-13H,5-8H2,1-4H3. The van der Waals surface area contributed by atoms with E-state index in [1.165, 1.54) is 0 Å². The van der Waals surface area contributed by atoms with Gasteiger partial charge < -0.3 is 15.7 Å². The molecule has 0 aliphatic carbocycles. The molecule has 0 aromatic heterocycles. The smallest absolute Gasteiger partial charge is 0.0781 e. The van der Waals surface area contributed by atoms with Crippen LogP contribution in [0.15, 0.2) is 0 Å². The highest BCUT2D eigenvalue weighted by Crippen LogP contribution is 2.13. The molecule has 0 rings (SSSR count). The van der Waals surface area contributed by atoms with Crippen LogP contribution in [0.25, 0.3) is 0 Å². The topological polar surface area (TPSA) is 44.3 Å². The third-order valence-corrected chi connectivity index (χ3v) is 2.50. The Labute approximate surface area is 81.9 Å². The van der Waals surface area contributed by atoms with E-state index in [1.807, 2.05) is 13.8 Å². The molecule has 0 saturated carbocycles. The summed E-state index contributed by atoms with van der Waals surface area (Å²) in [7, 11) is 0. The van der Waals surface area contributed by atoms with Crippen molar-refractivity contribution in [3.05, 3.63) is 0 Å². The summed E-state index contributed by atoms with van der Waals surface area (Å²) in [5.74, 6) is 0. The van der Waals surface area contributed by atoms with Crippen LogP contribution in [-0.2, 0) is 0 Å². The molecule has 13 heavy (non-hydrogen) atoms. The number of aliphatic hydroxyl groups is 1. The second kappa shape index (κ2) is 6.35. The van der Waals surface area contributed by atoms with Crippen LogP contribution >= 0.6 is 0 Å². The molecule has 80 valence electrons. The number of nitrogens with one attached hydrogen (secondary N) is 2. The fourth-order valence-corrected chi connectivity index (χ4v) is 1.26.